The van der Waals surface area contributed by atoms with Crippen LogP contribution < -0.4 is 11.0 Å². The standard InChI is InChI=1S/C24H22N4O2/c1-16-7-5-8-18(13-16)15-28-12-6-10-20(24(28)30)23(29)27-25-14-21-17(2)26-22-11-4-3-9-19(21)22/h3-14,26H,15H2,1-2H3,(H,27,29)/b25-14-. The van der Waals surface area contributed by atoms with Crippen LogP contribution in [0, 0.1) is 13.8 Å². The molecule has 2 aromatic heterocycles. The molecule has 6 nitrogen and oxygen atoms in total. The molecule has 0 saturated heterocycles. The van der Waals surface area contributed by atoms with Crippen molar-refractivity contribution < 1.29 is 4.79 Å². The van der Waals surface area contributed by atoms with E-state index in [9.17, 15) is 9.59 Å². The Hall–Kier alpha value is -3.93. The maximum absolute atomic E-state index is 12.8. The number of carbonyl (C=O) groups excluding carboxylic acids is 1. The lowest BCUT2D eigenvalue weighted by molar-refractivity contribution is 0.0953. The van der Waals surface area contributed by atoms with E-state index in [0.29, 0.717) is 6.54 Å². The lowest BCUT2D eigenvalue weighted by atomic mass is 10.1. The third-order valence-corrected chi connectivity index (χ3v) is 5.00. The first kappa shape index (κ1) is 19.4. The van der Waals surface area contributed by atoms with Crippen LogP contribution in [0.5, 0.6) is 0 Å². The van der Waals surface area contributed by atoms with Gasteiger partial charge in [-0.05, 0) is 37.6 Å². The van der Waals surface area contributed by atoms with Gasteiger partial charge in [0.25, 0.3) is 11.5 Å². The Balaban J connectivity index is 1.53. The molecule has 6 heteroatoms. The number of nitrogens with one attached hydrogen (secondary N) is 2. The highest BCUT2D eigenvalue weighted by Crippen LogP contribution is 2.19. The van der Waals surface area contributed by atoms with Crippen LogP contribution >= 0.6 is 0 Å². The van der Waals surface area contributed by atoms with Crippen molar-refractivity contribution in [1.29, 1.82) is 0 Å². The number of hydrazone groups is 1. The number of amides is 1. The van der Waals surface area contributed by atoms with Crippen LogP contribution in [-0.2, 0) is 6.54 Å². The van der Waals surface area contributed by atoms with Crippen molar-refractivity contribution in [3.63, 3.8) is 0 Å². The van der Waals surface area contributed by atoms with Crippen molar-refractivity contribution in [2.75, 3.05) is 0 Å². The molecule has 0 aliphatic rings. The smallest absolute Gasteiger partial charge is 0.276 e. The first-order chi connectivity index (χ1) is 14.5. The molecule has 30 heavy (non-hydrogen) atoms. The Morgan fingerprint density at radius 2 is 1.93 bits per heavy atom. The molecule has 0 spiro atoms. The topological polar surface area (TPSA) is 79.2 Å². The van der Waals surface area contributed by atoms with Gasteiger partial charge in [-0.15, -0.1) is 0 Å². The number of H-pyrrole nitrogens is 1. The van der Waals surface area contributed by atoms with Crippen molar-refractivity contribution in [3.8, 4) is 0 Å². The summed E-state index contributed by atoms with van der Waals surface area (Å²) in [6.07, 6.45) is 3.28. The zero-order valence-electron chi connectivity index (χ0n) is 16.8. The number of pyridine rings is 1. The highest BCUT2D eigenvalue weighted by atomic mass is 16.2. The minimum absolute atomic E-state index is 0.0537. The van der Waals surface area contributed by atoms with Gasteiger partial charge in [-0.25, -0.2) is 5.43 Å². The largest absolute Gasteiger partial charge is 0.358 e. The van der Waals surface area contributed by atoms with E-state index in [2.05, 4.69) is 15.5 Å². The summed E-state index contributed by atoms with van der Waals surface area (Å²) in [6.45, 7) is 4.35. The van der Waals surface area contributed by atoms with Gasteiger partial charge < -0.3 is 9.55 Å². The average molecular weight is 398 g/mol. The summed E-state index contributed by atoms with van der Waals surface area (Å²) in [6, 6.07) is 19.0. The summed E-state index contributed by atoms with van der Waals surface area (Å²) in [5.74, 6) is -0.535. The number of aromatic amines is 1. The Bertz CT molecular complexity index is 1310. The molecular formula is C24H22N4O2. The number of hydrogen-bond acceptors (Lipinski definition) is 3. The van der Waals surface area contributed by atoms with E-state index in [-0.39, 0.29) is 11.1 Å². The van der Waals surface area contributed by atoms with Gasteiger partial charge >= 0.3 is 0 Å². The fourth-order valence-electron chi connectivity index (χ4n) is 3.52. The molecule has 150 valence electrons. The third kappa shape index (κ3) is 3.93. The Kier molecular flexibility index (Phi) is 5.30. The predicted molar refractivity (Wildman–Crippen MR) is 119 cm³/mol. The number of nitrogens with zero attached hydrogens (tertiary/aromatic N) is 2. The van der Waals surface area contributed by atoms with Gasteiger partial charge in [0.15, 0.2) is 0 Å². The van der Waals surface area contributed by atoms with Crippen molar-refractivity contribution in [2.45, 2.75) is 20.4 Å². The van der Waals surface area contributed by atoms with E-state index < -0.39 is 5.91 Å². The van der Waals surface area contributed by atoms with Gasteiger partial charge in [-0.3, -0.25) is 9.59 Å². The Morgan fingerprint density at radius 1 is 1.10 bits per heavy atom. The second-order valence-corrected chi connectivity index (χ2v) is 7.25. The zero-order chi connectivity index (χ0) is 21.1. The van der Waals surface area contributed by atoms with Crippen LogP contribution in [-0.4, -0.2) is 21.7 Å². The Morgan fingerprint density at radius 3 is 2.77 bits per heavy atom. The molecule has 0 radical (unpaired) electrons. The van der Waals surface area contributed by atoms with Crippen LogP contribution in [0.2, 0.25) is 0 Å². The molecular weight excluding hydrogens is 376 g/mol. The molecule has 0 unspecified atom stereocenters. The minimum atomic E-state index is -0.535. The van der Waals surface area contributed by atoms with Crippen LogP contribution in [0.15, 0.2) is 76.8 Å². The highest BCUT2D eigenvalue weighted by molar-refractivity contribution is 6.01. The highest BCUT2D eigenvalue weighted by Gasteiger charge is 2.12. The third-order valence-electron chi connectivity index (χ3n) is 5.00. The van der Waals surface area contributed by atoms with Crippen molar-refractivity contribution >= 4 is 23.0 Å². The first-order valence-electron chi connectivity index (χ1n) is 9.68. The maximum Gasteiger partial charge on any atom is 0.276 e. The number of aryl methyl sites for hydroxylation is 2. The van der Waals surface area contributed by atoms with E-state index >= 15 is 0 Å². The van der Waals surface area contributed by atoms with E-state index in [1.807, 2.05) is 62.4 Å². The van der Waals surface area contributed by atoms with Gasteiger partial charge in [0.2, 0.25) is 0 Å². The number of carbonyl (C=O) groups is 1. The molecule has 1 amide bonds. The van der Waals surface area contributed by atoms with E-state index in [0.717, 1.165) is 33.3 Å². The average Bonchev–Trinajstić information content (AvgIpc) is 3.05. The predicted octanol–water partition coefficient (Wildman–Crippen LogP) is 3.76. The summed E-state index contributed by atoms with van der Waals surface area (Å²) in [5.41, 5.74) is 7.16. The first-order valence-corrected chi connectivity index (χ1v) is 9.68. The second kappa shape index (κ2) is 8.21. The van der Waals surface area contributed by atoms with Crippen molar-refractivity contribution in [1.82, 2.24) is 15.0 Å². The van der Waals surface area contributed by atoms with Crippen LogP contribution in [0.1, 0.15) is 32.7 Å². The van der Waals surface area contributed by atoms with Gasteiger partial charge in [-0.2, -0.15) is 5.10 Å². The summed E-state index contributed by atoms with van der Waals surface area (Å²) >= 11 is 0. The second-order valence-electron chi connectivity index (χ2n) is 7.25. The molecule has 4 aromatic rings. The molecule has 0 saturated carbocycles. The molecule has 0 aliphatic heterocycles. The van der Waals surface area contributed by atoms with Crippen molar-refractivity contribution in [2.24, 2.45) is 5.10 Å². The maximum atomic E-state index is 12.8. The normalized spacial score (nSPS) is 11.3. The number of rotatable bonds is 5. The molecule has 0 bridgehead atoms. The molecule has 2 N–H and O–H groups in total. The van der Waals surface area contributed by atoms with Gasteiger partial charge in [0.05, 0.1) is 12.8 Å². The lowest BCUT2D eigenvalue weighted by Gasteiger charge is -2.08. The molecule has 2 aromatic carbocycles. The lowest BCUT2D eigenvalue weighted by Crippen LogP contribution is -2.30. The van der Waals surface area contributed by atoms with Crippen LogP contribution in [0.3, 0.4) is 0 Å². The van der Waals surface area contributed by atoms with E-state index in [4.69, 9.17) is 0 Å². The van der Waals surface area contributed by atoms with Crippen molar-refractivity contribution in [3.05, 3.63) is 105 Å². The zero-order valence-corrected chi connectivity index (χ0v) is 16.8. The van der Waals surface area contributed by atoms with Gasteiger partial charge in [0.1, 0.15) is 5.56 Å². The van der Waals surface area contributed by atoms with Gasteiger partial charge in [-0.1, -0.05) is 48.0 Å². The van der Waals surface area contributed by atoms with Gasteiger partial charge in [0, 0.05) is 28.4 Å². The van der Waals surface area contributed by atoms with E-state index in [1.54, 1.807) is 18.5 Å². The van der Waals surface area contributed by atoms with E-state index in [1.165, 1.54) is 10.6 Å². The summed E-state index contributed by atoms with van der Waals surface area (Å²) in [7, 11) is 0. The van der Waals surface area contributed by atoms with Crippen LogP contribution in [0.25, 0.3) is 10.9 Å². The number of aromatic nitrogens is 2. The molecule has 0 aliphatic carbocycles. The minimum Gasteiger partial charge on any atom is -0.358 e. The molecule has 2 heterocycles. The summed E-state index contributed by atoms with van der Waals surface area (Å²) in [4.78, 5) is 28.6. The summed E-state index contributed by atoms with van der Waals surface area (Å²) < 4.78 is 1.53. The molecule has 0 fully saturated rings. The number of benzene rings is 2. The number of hydrogen-bond donors (Lipinski definition) is 2. The van der Waals surface area contributed by atoms with Crippen LogP contribution in [0.4, 0.5) is 0 Å². The summed E-state index contributed by atoms with van der Waals surface area (Å²) in [5, 5.41) is 5.10. The Labute approximate surface area is 173 Å². The fraction of sp³-hybridized carbons (Fsp3) is 0.125. The fourth-order valence-corrected chi connectivity index (χ4v) is 3.52. The molecule has 0 atom stereocenters. The quantitative estimate of drug-likeness (QED) is 0.397. The SMILES string of the molecule is Cc1cccc(Cn2cccc(C(=O)N/N=C\c3c(C)[nH]c4ccccc34)c2=O)c1. The monoisotopic (exact) mass is 398 g/mol. The number of fused-ring (bicyclic) bond motifs is 1. The molecule has 4 rings (SSSR count). The number of para-hydroxylation sites is 1.